The summed E-state index contributed by atoms with van der Waals surface area (Å²) in [4.78, 5) is 26.2. The highest BCUT2D eigenvalue weighted by Crippen LogP contribution is 2.33. The minimum absolute atomic E-state index is 0.0575. The molecule has 0 bridgehead atoms. The van der Waals surface area contributed by atoms with E-state index in [0.29, 0.717) is 32.2 Å². The van der Waals surface area contributed by atoms with Crippen LogP contribution >= 0.6 is 0 Å². The second kappa shape index (κ2) is 9.85. The zero-order valence-electron chi connectivity index (χ0n) is 20.4. The number of piperidine rings is 1. The Morgan fingerprint density at radius 1 is 1.11 bits per heavy atom. The highest BCUT2D eigenvalue weighted by molar-refractivity contribution is 5.92. The molecule has 0 aliphatic carbocycles. The van der Waals surface area contributed by atoms with Gasteiger partial charge in [-0.15, -0.1) is 0 Å². The highest BCUT2D eigenvalue weighted by Gasteiger charge is 2.27. The number of fused-ring (bicyclic) bond motifs is 2. The Kier molecular flexibility index (Phi) is 6.48. The summed E-state index contributed by atoms with van der Waals surface area (Å²) in [7, 11) is 4.04. The zero-order valence-corrected chi connectivity index (χ0v) is 20.4. The molecule has 1 N–H and O–H groups in total. The second-order valence-electron chi connectivity index (χ2n) is 9.02. The largest absolute Gasteiger partial charge is 0.466 e. The summed E-state index contributed by atoms with van der Waals surface area (Å²) in [6.45, 7) is 4.53. The van der Waals surface area contributed by atoms with Gasteiger partial charge in [-0.05, 0) is 55.7 Å². The van der Waals surface area contributed by atoms with Gasteiger partial charge in [0.1, 0.15) is 5.82 Å². The number of carbonyl (C=O) groups excluding carboxylic acids is 1. The van der Waals surface area contributed by atoms with Crippen LogP contribution in [0.5, 0.6) is 11.5 Å². The number of aromatic nitrogens is 2. The molecule has 1 fully saturated rings. The number of hydrogen-bond donors (Lipinski definition) is 1. The number of rotatable bonds is 7. The standard InChI is InChI=1S/C26H31N5O4/c1-4-33-25(32)18-9-11-31(12-10-18)26-28-21-7-6-19(30(2)3)14-20(21)24(29-26)27-15-17-5-8-22-23(13-17)35-16-34-22/h5-8,13-14,18H,4,9-12,15-16H2,1-3H3,(H,27,28,29). The fourth-order valence-electron chi connectivity index (χ4n) is 4.47. The Labute approximate surface area is 205 Å². The number of carbonyl (C=O) groups is 1. The summed E-state index contributed by atoms with van der Waals surface area (Å²) in [5.41, 5.74) is 3.03. The van der Waals surface area contributed by atoms with Crippen molar-refractivity contribution in [1.82, 2.24) is 9.97 Å². The molecule has 35 heavy (non-hydrogen) atoms. The number of nitrogens with one attached hydrogen (secondary N) is 1. The average Bonchev–Trinajstić information content (AvgIpc) is 3.35. The molecule has 1 aromatic heterocycles. The van der Waals surface area contributed by atoms with Gasteiger partial charge in [0.2, 0.25) is 12.7 Å². The predicted molar refractivity (Wildman–Crippen MR) is 135 cm³/mol. The smallest absolute Gasteiger partial charge is 0.309 e. The van der Waals surface area contributed by atoms with Crippen molar-refractivity contribution in [1.29, 1.82) is 0 Å². The Morgan fingerprint density at radius 2 is 1.91 bits per heavy atom. The molecule has 2 aliphatic rings. The second-order valence-corrected chi connectivity index (χ2v) is 9.02. The molecule has 9 heteroatoms. The maximum atomic E-state index is 12.1. The minimum Gasteiger partial charge on any atom is -0.466 e. The molecule has 2 aliphatic heterocycles. The number of benzene rings is 2. The minimum atomic E-state index is -0.103. The van der Waals surface area contributed by atoms with Crippen LogP contribution in [0.1, 0.15) is 25.3 Å². The van der Waals surface area contributed by atoms with Crippen LogP contribution in [-0.2, 0) is 16.1 Å². The summed E-state index contributed by atoms with van der Waals surface area (Å²) in [5.74, 6) is 2.82. The molecule has 2 aromatic carbocycles. The van der Waals surface area contributed by atoms with E-state index in [1.807, 2.05) is 45.3 Å². The van der Waals surface area contributed by atoms with Gasteiger partial charge in [0.25, 0.3) is 0 Å². The molecule has 184 valence electrons. The van der Waals surface area contributed by atoms with Crippen molar-refractivity contribution in [2.24, 2.45) is 5.92 Å². The Morgan fingerprint density at radius 3 is 2.69 bits per heavy atom. The fourth-order valence-corrected chi connectivity index (χ4v) is 4.47. The SMILES string of the molecule is CCOC(=O)C1CCN(c2nc(NCc3ccc4c(c3)OCO4)c3cc(N(C)C)ccc3n2)CC1. The summed E-state index contributed by atoms with van der Waals surface area (Å²) < 4.78 is 16.2. The van der Waals surface area contributed by atoms with Crippen molar-refractivity contribution in [3.05, 3.63) is 42.0 Å². The van der Waals surface area contributed by atoms with Crippen molar-refractivity contribution in [2.45, 2.75) is 26.3 Å². The first kappa shape index (κ1) is 23.0. The molecule has 0 amide bonds. The normalized spacial score (nSPS) is 15.3. The number of anilines is 3. The first-order chi connectivity index (χ1) is 17.0. The van der Waals surface area contributed by atoms with Gasteiger partial charge in [-0.3, -0.25) is 4.79 Å². The number of esters is 1. The molecule has 3 aromatic rings. The lowest BCUT2D eigenvalue weighted by Crippen LogP contribution is -2.38. The van der Waals surface area contributed by atoms with E-state index < -0.39 is 0 Å². The topological polar surface area (TPSA) is 89.0 Å². The van der Waals surface area contributed by atoms with Gasteiger partial charge < -0.3 is 29.3 Å². The van der Waals surface area contributed by atoms with E-state index in [-0.39, 0.29) is 18.7 Å². The number of ether oxygens (including phenoxy) is 3. The van der Waals surface area contributed by atoms with E-state index in [9.17, 15) is 4.79 Å². The first-order valence-electron chi connectivity index (χ1n) is 12.0. The van der Waals surface area contributed by atoms with E-state index in [1.165, 1.54) is 0 Å². The van der Waals surface area contributed by atoms with Crippen molar-refractivity contribution in [3.63, 3.8) is 0 Å². The monoisotopic (exact) mass is 477 g/mol. The lowest BCUT2D eigenvalue weighted by Gasteiger charge is -2.31. The lowest BCUT2D eigenvalue weighted by molar-refractivity contribution is -0.148. The zero-order chi connectivity index (χ0) is 24.4. The van der Waals surface area contributed by atoms with Gasteiger partial charge in [0.15, 0.2) is 11.5 Å². The first-order valence-corrected chi connectivity index (χ1v) is 12.0. The van der Waals surface area contributed by atoms with Crippen LogP contribution in [0.4, 0.5) is 17.5 Å². The van der Waals surface area contributed by atoms with Crippen LogP contribution in [0.25, 0.3) is 10.9 Å². The van der Waals surface area contributed by atoms with E-state index in [2.05, 4.69) is 27.2 Å². The summed E-state index contributed by atoms with van der Waals surface area (Å²) in [5, 5.41) is 4.48. The maximum absolute atomic E-state index is 12.1. The van der Waals surface area contributed by atoms with Gasteiger partial charge in [-0.1, -0.05) is 6.07 Å². The van der Waals surface area contributed by atoms with E-state index in [1.54, 1.807) is 0 Å². The molecule has 0 atom stereocenters. The Hall–Kier alpha value is -3.75. The van der Waals surface area contributed by atoms with Crippen LogP contribution < -0.4 is 24.6 Å². The van der Waals surface area contributed by atoms with Gasteiger partial charge in [-0.25, -0.2) is 4.98 Å². The quantitative estimate of drug-likeness (QED) is 0.510. The van der Waals surface area contributed by atoms with E-state index in [4.69, 9.17) is 24.2 Å². The van der Waals surface area contributed by atoms with Crippen LogP contribution in [-0.4, -0.2) is 56.5 Å². The van der Waals surface area contributed by atoms with Crippen LogP contribution in [0.3, 0.4) is 0 Å². The van der Waals surface area contributed by atoms with Gasteiger partial charge in [0, 0.05) is 44.8 Å². The van der Waals surface area contributed by atoms with Crippen molar-refractivity contribution < 1.29 is 19.0 Å². The molecule has 0 radical (unpaired) electrons. The molecule has 3 heterocycles. The van der Waals surface area contributed by atoms with Gasteiger partial charge >= 0.3 is 5.97 Å². The third-order valence-electron chi connectivity index (χ3n) is 6.48. The predicted octanol–water partition coefficient (Wildman–Crippen LogP) is 3.82. The third kappa shape index (κ3) is 4.89. The average molecular weight is 478 g/mol. The van der Waals surface area contributed by atoms with Crippen LogP contribution in [0.2, 0.25) is 0 Å². The molecule has 0 spiro atoms. The summed E-state index contributed by atoms with van der Waals surface area (Å²) in [6.07, 6.45) is 1.47. The molecule has 5 rings (SSSR count). The molecular weight excluding hydrogens is 446 g/mol. The third-order valence-corrected chi connectivity index (χ3v) is 6.48. The van der Waals surface area contributed by atoms with Gasteiger partial charge in [0.05, 0.1) is 18.0 Å². The van der Waals surface area contributed by atoms with E-state index >= 15 is 0 Å². The summed E-state index contributed by atoms with van der Waals surface area (Å²) in [6, 6.07) is 12.1. The molecular formula is C26H31N5O4. The Balaban J connectivity index is 1.40. The fraction of sp³-hybridized carbons (Fsp3) is 0.423. The maximum Gasteiger partial charge on any atom is 0.309 e. The summed E-state index contributed by atoms with van der Waals surface area (Å²) >= 11 is 0. The highest BCUT2D eigenvalue weighted by atomic mass is 16.7. The lowest BCUT2D eigenvalue weighted by atomic mass is 9.97. The van der Waals surface area contributed by atoms with Crippen molar-refractivity contribution in [3.8, 4) is 11.5 Å². The molecule has 0 saturated carbocycles. The van der Waals surface area contributed by atoms with Gasteiger partial charge in [-0.2, -0.15) is 4.98 Å². The van der Waals surface area contributed by atoms with Crippen LogP contribution in [0, 0.1) is 5.92 Å². The number of nitrogens with zero attached hydrogens (tertiary/aromatic N) is 4. The number of hydrogen-bond acceptors (Lipinski definition) is 9. The van der Waals surface area contributed by atoms with Crippen LogP contribution in [0.15, 0.2) is 36.4 Å². The molecule has 9 nitrogen and oxygen atoms in total. The van der Waals surface area contributed by atoms with Crippen molar-refractivity contribution >= 4 is 34.3 Å². The van der Waals surface area contributed by atoms with Crippen molar-refractivity contribution in [2.75, 3.05) is 55.7 Å². The Bertz CT molecular complexity index is 1220. The molecule has 1 saturated heterocycles. The van der Waals surface area contributed by atoms with E-state index in [0.717, 1.165) is 52.3 Å². The molecule has 0 unspecified atom stereocenters.